The maximum atomic E-state index is 5.37. The van der Waals surface area contributed by atoms with E-state index < -0.39 is 0 Å². The van der Waals surface area contributed by atoms with E-state index in [9.17, 15) is 0 Å². The number of benzene rings is 1. The highest BCUT2D eigenvalue weighted by Crippen LogP contribution is 2.38. The molecule has 0 bridgehead atoms. The van der Waals surface area contributed by atoms with Gasteiger partial charge in [-0.25, -0.2) is 4.98 Å². The van der Waals surface area contributed by atoms with E-state index in [1.807, 2.05) is 6.26 Å². The standard InChI is InChI=1S/C28H37N3OP2/c1-19-16-30(17-20(2)31(19)28(34)23-13-14-32-18-23)27-26(33)24(21-9-5-3-6-10-21)15-25(29-27)22-11-7-4-8-12-22/h3,5-6,9-10,13-15,18-20,22,28H,4,7-8,11-12,16-17,33-34H2,1-2H3. The number of piperazine rings is 1. The van der Waals surface area contributed by atoms with Crippen LogP contribution in [0.1, 0.15) is 68.9 Å². The van der Waals surface area contributed by atoms with Crippen molar-refractivity contribution in [3.05, 3.63) is 66.2 Å². The molecule has 5 atom stereocenters. The molecule has 1 saturated carbocycles. The summed E-state index contributed by atoms with van der Waals surface area (Å²) in [6.45, 7) is 6.60. The van der Waals surface area contributed by atoms with E-state index in [0.29, 0.717) is 18.0 Å². The van der Waals surface area contributed by atoms with Crippen LogP contribution in [0.15, 0.2) is 59.4 Å². The van der Waals surface area contributed by atoms with Gasteiger partial charge in [0.1, 0.15) is 5.82 Å². The third kappa shape index (κ3) is 4.83. The first-order chi connectivity index (χ1) is 16.5. The Morgan fingerprint density at radius 1 is 1.00 bits per heavy atom. The SMILES string of the molecule is CC1CN(c2nc(C3CCCCC3)cc(-c3ccccc3)c2P)CC(C)N1C(P)c1ccoc1. The lowest BCUT2D eigenvalue weighted by atomic mass is 9.86. The Morgan fingerprint density at radius 3 is 2.35 bits per heavy atom. The zero-order valence-corrected chi connectivity index (χ0v) is 22.7. The van der Waals surface area contributed by atoms with Gasteiger partial charge in [-0.2, -0.15) is 0 Å². The fraction of sp³-hybridized carbons (Fsp3) is 0.464. The van der Waals surface area contributed by atoms with E-state index in [-0.39, 0.29) is 5.78 Å². The molecular formula is C28H37N3OP2. The van der Waals surface area contributed by atoms with Crippen molar-refractivity contribution in [1.82, 2.24) is 9.88 Å². The molecular weight excluding hydrogens is 456 g/mol. The second kappa shape index (κ2) is 10.5. The summed E-state index contributed by atoms with van der Waals surface area (Å²) in [4.78, 5) is 10.5. The molecule has 0 spiro atoms. The Balaban J connectivity index is 1.49. The molecule has 6 heteroatoms. The minimum absolute atomic E-state index is 0.253. The molecule has 1 aliphatic carbocycles. The predicted octanol–water partition coefficient (Wildman–Crippen LogP) is 6.36. The van der Waals surface area contributed by atoms with Crippen LogP contribution in [-0.2, 0) is 0 Å². The van der Waals surface area contributed by atoms with E-state index in [1.165, 1.54) is 59.8 Å². The van der Waals surface area contributed by atoms with Crippen LogP contribution < -0.4 is 10.2 Å². The van der Waals surface area contributed by atoms with E-state index in [2.05, 4.69) is 84.6 Å². The highest BCUT2D eigenvalue weighted by Gasteiger charge is 2.35. The lowest BCUT2D eigenvalue weighted by molar-refractivity contribution is 0.117. The van der Waals surface area contributed by atoms with Gasteiger partial charge in [0, 0.05) is 47.7 Å². The zero-order valence-electron chi connectivity index (χ0n) is 20.4. The van der Waals surface area contributed by atoms with Gasteiger partial charge in [-0.05, 0) is 49.9 Å². The average Bonchev–Trinajstić information content (AvgIpc) is 3.40. The Bertz CT molecular complexity index is 1070. The predicted molar refractivity (Wildman–Crippen MR) is 149 cm³/mol. The summed E-state index contributed by atoms with van der Waals surface area (Å²) in [5, 5.41) is 1.22. The van der Waals surface area contributed by atoms with E-state index >= 15 is 0 Å². The lowest BCUT2D eigenvalue weighted by Crippen LogP contribution is -2.57. The highest BCUT2D eigenvalue weighted by molar-refractivity contribution is 7.28. The number of nitrogens with zero attached hydrogens (tertiary/aromatic N) is 3. The average molecular weight is 494 g/mol. The van der Waals surface area contributed by atoms with Crippen LogP contribution >= 0.6 is 18.5 Å². The molecule has 0 amide bonds. The normalized spacial score (nSPS) is 23.2. The Morgan fingerprint density at radius 2 is 1.71 bits per heavy atom. The van der Waals surface area contributed by atoms with Gasteiger partial charge in [-0.3, -0.25) is 4.90 Å². The Hall–Kier alpha value is -1.73. The molecule has 1 aliphatic heterocycles. The summed E-state index contributed by atoms with van der Waals surface area (Å²) in [5.74, 6) is 1.98. The molecule has 34 heavy (non-hydrogen) atoms. The highest BCUT2D eigenvalue weighted by atomic mass is 31.0. The number of aromatic nitrogens is 1. The van der Waals surface area contributed by atoms with E-state index in [0.717, 1.165) is 18.9 Å². The van der Waals surface area contributed by atoms with E-state index in [1.54, 1.807) is 6.26 Å². The van der Waals surface area contributed by atoms with Crippen molar-refractivity contribution in [3.63, 3.8) is 0 Å². The van der Waals surface area contributed by atoms with Crippen LogP contribution in [0.5, 0.6) is 0 Å². The molecule has 0 N–H and O–H groups in total. The van der Waals surface area contributed by atoms with Crippen molar-refractivity contribution in [1.29, 1.82) is 0 Å². The van der Waals surface area contributed by atoms with Gasteiger partial charge < -0.3 is 9.32 Å². The monoisotopic (exact) mass is 493 g/mol. The first-order valence-electron chi connectivity index (χ1n) is 12.7. The minimum atomic E-state index is 0.253. The fourth-order valence-corrected chi connectivity index (χ4v) is 7.21. The van der Waals surface area contributed by atoms with Gasteiger partial charge in [0.25, 0.3) is 0 Å². The maximum Gasteiger partial charge on any atom is 0.136 e. The molecule has 2 aliphatic rings. The topological polar surface area (TPSA) is 32.5 Å². The van der Waals surface area contributed by atoms with Crippen LogP contribution in [0.3, 0.4) is 0 Å². The number of rotatable bonds is 5. The second-order valence-corrected chi connectivity index (χ2v) is 11.3. The minimum Gasteiger partial charge on any atom is -0.472 e. The third-order valence-corrected chi connectivity index (χ3v) is 8.96. The molecule has 2 fully saturated rings. The van der Waals surface area contributed by atoms with Crippen molar-refractivity contribution in [2.75, 3.05) is 18.0 Å². The quantitative estimate of drug-likeness (QED) is 0.387. The number of hydrogen-bond acceptors (Lipinski definition) is 4. The molecule has 4 nitrogen and oxygen atoms in total. The summed E-state index contributed by atoms with van der Waals surface area (Å²) < 4.78 is 5.37. The maximum absolute atomic E-state index is 5.37. The fourth-order valence-electron chi connectivity index (χ4n) is 5.94. The summed E-state index contributed by atoms with van der Waals surface area (Å²) in [7, 11) is 6.06. The van der Waals surface area contributed by atoms with Crippen molar-refractivity contribution in [3.8, 4) is 11.1 Å². The van der Waals surface area contributed by atoms with Crippen molar-refractivity contribution < 1.29 is 4.42 Å². The third-order valence-electron chi connectivity index (χ3n) is 7.66. The van der Waals surface area contributed by atoms with Crippen LogP contribution in [0.4, 0.5) is 5.82 Å². The van der Waals surface area contributed by atoms with Gasteiger partial charge in [0.15, 0.2) is 0 Å². The Labute approximate surface area is 208 Å². The molecule has 3 aromatic rings. The summed E-state index contributed by atoms with van der Waals surface area (Å²) in [6, 6.07) is 16.1. The van der Waals surface area contributed by atoms with Crippen molar-refractivity contribution >= 4 is 29.6 Å². The molecule has 3 heterocycles. The summed E-state index contributed by atoms with van der Waals surface area (Å²) in [6.07, 6.45) is 10.2. The first kappa shape index (κ1) is 24.0. The van der Waals surface area contributed by atoms with Crippen LogP contribution in [0, 0.1) is 0 Å². The van der Waals surface area contributed by atoms with Gasteiger partial charge in [0.2, 0.25) is 0 Å². The molecule has 0 radical (unpaired) electrons. The summed E-state index contributed by atoms with van der Waals surface area (Å²) in [5.41, 5.74) is 5.08. The molecule has 1 saturated heterocycles. The van der Waals surface area contributed by atoms with Crippen LogP contribution in [-0.4, -0.2) is 35.1 Å². The number of anilines is 1. The molecule has 2 aromatic heterocycles. The van der Waals surface area contributed by atoms with Crippen LogP contribution in [0.25, 0.3) is 11.1 Å². The smallest absolute Gasteiger partial charge is 0.136 e. The second-order valence-electron chi connectivity index (χ2n) is 10.1. The largest absolute Gasteiger partial charge is 0.472 e. The molecule has 5 unspecified atom stereocenters. The van der Waals surface area contributed by atoms with Gasteiger partial charge >= 0.3 is 0 Å². The van der Waals surface area contributed by atoms with Gasteiger partial charge in [-0.1, -0.05) is 49.6 Å². The zero-order chi connectivity index (χ0) is 23.7. The Kier molecular flexibility index (Phi) is 7.40. The lowest BCUT2D eigenvalue weighted by Gasteiger charge is -2.48. The number of furan rings is 1. The number of pyridine rings is 1. The number of hydrogen-bond donors (Lipinski definition) is 0. The first-order valence-corrected chi connectivity index (χ1v) is 13.9. The van der Waals surface area contributed by atoms with Gasteiger partial charge in [0.05, 0.1) is 18.3 Å². The molecule has 180 valence electrons. The molecule has 1 aromatic carbocycles. The van der Waals surface area contributed by atoms with Crippen molar-refractivity contribution in [2.24, 2.45) is 0 Å². The van der Waals surface area contributed by atoms with Crippen molar-refractivity contribution in [2.45, 2.75) is 69.7 Å². The molecule has 5 rings (SSSR count). The van der Waals surface area contributed by atoms with Crippen LogP contribution in [0.2, 0.25) is 0 Å². The van der Waals surface area contributed by atoms with E-state index in [4.69, 9.17) is 9.40 Å². The summed E-state index contributed by atoms with van der Waals surface area (Å²) >= 11 is 0. The van der Waals surface area contributed by atoms with Gasteiger partial charge in [-0.15, -0.1) is 18.5 Å².